The summed E-state index contributed by atoms with van der Waals surface area (Å²) >= 11 is 2.30. The van der Waals surface area contributed by atoms with E-state index in [4.69, 9.17) is 11.5 Å². The van der Waals surface area contributed by atoms with Crippen molar-refractivity contribution in [3.8, 4) is 0 Å². The van der Waals surface area contributed by atoms with Crippen molar-refractivity contribution in [1.82, 2.24) is 15.2 Å². The maximum atomic E-state index is 12.6. The number of carbonyl (C=O) groups excluding carboxylic acids is 3. The second-order valence-corrected chi connectivity index (χ2v) is 7.91. The largest absolute Gasteiger partial charge is 1.00 e. The van der Waals surface area contributed by atoms with Crippen molar-refractivity contribution in [3.63, 3.8) is 0 Å². The van der Waals surface area contributed by atoms with E-state index in [0.717, 1.165) is 16.2 Å². The van der Waals surface area contributed by atoms with E-state index in [-0.39, 0.29) is 71.2 Å². The Labute approximate surface area is 206 Å². The molecule has 13 nitrogen and oxygen atoms in total. The number of aromatic nitrogens is 1. The van der Waals surface area contributed by atoms with E-state index in [2.05, 4.69) is 25.0 Å². The van der Waals surface area contributed by atoms with Gasteiger partial charge in [0.25, 0.3) is 11.8 Å². The summed E-state index contributed by atoms with van der Waals surface area (Å²) in [6.45, 7) is -0.354. The van der Waals surface area contributed by atoms with Gasteiger partial charge >= 0.3 is 41.6 Å². The van der Waals surface area contributed by atoms with Gasteiger partial charge in [-0.1, -0.05) is 5.16 Å². The third-order valence-corrected chi connectivity index (χ3v) is 6.10. The Morgan fingerprint density at radius 3 is 2.74 bits per heavy atom. The summed E-state index contributed by atoms with van der Waals surface area (Å²) in [6.07, 6.45) is -1.06. The third-order valence-electron chi connectivity index (χ3n) is 4.09. The van der Waals surface area contributed by atoms with E-state index in [9.17, 15) is 24.3 Å². The zero-order valence-electron chi connectivity index (χ0n) is 17.4. The number of carboxylic acid groups (broad SMARTS) is 1. The van der Waals surface area contributed by atoms with Crippen molar-refractivity contribution >= 4 is 57.8 Å². The van der Waals surface area contributed by atoms with Gasteiger partial charge in [-0.2, -0.15) is 0 Å². The van der Waals surface area contributed by atoms with Crippen molar-refractivity contribution in [3.05, 3.63) is 22.3 Å². The van der Waals surface area contributed by atoms with Crippen LogP contribution in [0.5, 0.6) is 0 Å². The van der Waals surface area contributed by atoms with E-state index in [1.807, 2.05) is 0 Å². The number of nitrogen functional groups attached to an aromatic ring is 1. The fourth-order valence-corrected chi connectivity index (χ4v) is 4.73. The number of oxime groups is 1. The Hall–Kier alpha value is -2.33. The second-order valence-electron chi connectivity index (χ2n) is 5.92. The number of amides is 3. The number of nitrogens with one attached hydrogen (secondary N) is 1. The number of nitrogens with two attached hydrogens (primary N) is 2. The van der Waals surface area contributed by atoms with E-state index in [1.54, 1.807) is 0 Å². The Bertz CT molecular complexity index is 987. The number of anilines is 1. The first-order chi connectivity index (χ1) is 14.2. The van der Waals surface area contributed by atoms with Gasteiger partial charge in [0.15, 0.2) is 10.8 Å². The Morgan fingerprint density at radius 1 is 1.48 bits per heavy atom. The third kappa shape index (κ3) is 5.12. The molecule has 0 aromatic carbocycles. The number of primary amides is 1. The minimum Gasteiger partial charge on any atom is -1.00 e. The number of rotatable bonds is 7. The minimum atomic E-state index is -1.36. The Balaban J connectivity index is 0.00000256. The standard InChI is InChI=1S/C15H16N6O7S2.Na.H/c1-27-20-7(6-4-30-14(16)18-6)10(22)19-8-11(23)21-9(13(24)25)5(2-28-15(17)26)3-29-12(8)21;;/h4,8,12H,2-3H2,1H3,(H2,16,18)(H2,17,26)(H,19,22)(H,24,25);;/q;+1;-1/b20-7-;;/t8?,12-;;/m1../s1. The number of hydrogen-bond acceptors (Lipinski definition) is 11. The molecule has 1 aromatic heterocycles. The second kappa shape index (κ2) is 10.3. The van der Waals surface area contributed by atoms with Crippen molar-refractivity contribution < 1.29 is 64.8 Å². The number of carboxylic acids is 1. The van der Waals surface area contributed by atoms with Gasteiger partial charge in [-0.3, -0.25) is 14.5 Å². The first kappa shape index (κ1) is 24.9. The van der Waals surface area contributed by atoms with Crippen LogP contribution in [0.3, 0.4) is 0 Å². The predicted molar refractivity (Wildman–Crippen MR) is 106 cm³/mol. The number of carbonyl (C=O) groups is 4. The average Bonchev–Trinajstić information content (AvgIpc) is 3.13. The maximum Gasteiger partial charge on any atom is 1.00 e. The number of hydrogen-bond donors (Lipinski definition) is 4. The minimum absolute atomic E-state index is 0. The summed E-state index contributed by atoms with van der Waals surface area (Å²) in [4.78, 5) is 57.4. The van der Waals surface area contributed by atoms with Crippen LogP contribution in [0, 0.1) is 0 Å². The van der Waals surface area contributed by atoms with E-state index < -0.39 is 35.3 Å². The molecule has 3 heterocycles. The molecule has 3 amide bonds. The molecule has 2 aliphatic rings. The fraction of sp³-hybridized carbons (Fsp3) is 0.333. The van der Waals surface area contributed by atoms with Crippen LogP contribution in [-0.4, -0.2) is 75.5 Å². The van der Waals surface area contributed by atoms with Crippen LogP contribution in [0.1, 0.15) is 7.12 Å². The molecule has 0 bridgehead atoms. The van der Waals surface area contributed by atoms with Gasteiger partial charge in [-0.05, 0) is 0 Å². The van der Waals surface area contributed by atoms with E-state index >= 15 is 0 Å². The summed E-state index contributed by atoms with van der Waals surface area (Å²) < 4.78 is 4.66. The molecule has 3 rings (SSSR count). The van der Waals surface area contributed by atoms with Gasteiger partial charge < -0.3 is 32.9 Å². The molecule has 1 aromatic rings. The molecule has 6 N–H and O–H groups in total. The van der Waals surface area contributed by atoms with Crippen LogP contribution in [0.4, 0.5) is 9.93 Å². The summed E-state index contributed by atoms with van der Waals surface area (Å²) in [5.41, 5.74) is 10.4. The molecule has 1 saturated heterocycles. The van der Waals surface area contributed by atoms with Crippen LogP contribution >= 0.6 is 23.1 Å². The SMILES string of the molecule is CO/N=C(\C(=O)NC1C(=O)N2C(C(=O)O)=C(COC(N)=O)CS[C@H]12)c1csc(N)n1.[H-].[Na+]. The van der Waals surface area contributed by atoms with E-state index in [0.29, 0.717) is 0 Å². The zero-order valence-corrected chi connectivity index (χ0v) is 20.0. The molecule has 2 aliphatic heterocycles. The van der Waals surface area contributed by atoms with Gasteiger partial charge in [0, 0.05) is 16.7 Å². The average molecular weight is 480 g/mol. The number of ether oxygens (including phenoxy) is 1. The Morgan fingerprint density at radius 2 is 2.19 bits per heavy atom. The van der Waals surface area contributed by atoms with Crippen molar-refractivity contribution in [1.29, 1.82) is 0 Å². The fourth-order valence-electron chi connectivity index (χ4n) is 2.85. The molecule has 0 saturated carbocycles. The molecule has 1 unspecified atom stereocenters. The molecule has 31 heavy (non-hydrogen) atoms. The maximum absolute atomic E-state index is 12.6. The van der Waals surface area contributed by atoms with E-state index in [1.165, 1.54) is 24.3 Å². The van der Waals surface area contributed by atoms with Gasteiger partial charge in [0.05, 0.1) is 0 Å². The molecule has 16 heteroatoms. The van der Waals surface area contributed by atoms with Gasteiger partial charge in [-0.15, -0.1) is 23.1 Å². The Kier molecular flexibility index (Phi) is 8.30. The molecule has 162 valence electrons. The van der Waals surface area contributed by atoms with Crippen LogP contribution in [0.15, 0.2) is 21.8 Å². The molecule has 1 fully saturated rings. The number of aliphatic carboxylic acids is 1. The van der Waals surface area contributed by atoms with Crippen molar-refractivity contribution in [2.45, 2.75) is 11.4 Å². The first-order valence-electron chi connectivity index (χ1n) is 8.20. The van der Waals surface area contributed by atoms with Crippen molar-refractivity contribution in [2.75, 3.05) is 25.2 Å². The molecule has 2 atom stereocenters. The molecule has 0 spiro atoms. The number of fused-ring (bicyclic) bond motifs is 1. The number of β-lactam (4-membered cyclic amide) rings is 1. The normalized spacial score (nSPS) is 20.2. The van der Waals surface area contributed by atoms with Gasteiger partial charge in [0.1, 0.15) is 36.5 Å². The summed E-state index contributed by atoms with van der Waals surface area (Å²) in [6, 6.07) is -0.992. The van der Waals surface area contributed by atoms with Crippen LogP contribution < -0.4 is 46.3 Å². The molecular formula is C15H17N6NaO7S2. The molecular weight excluding hydrogens is 463 g/mol. The quantitative estimate of drug-likeness (QED) is 0.129. The first-order valence-corrected chi connectivity index (χ1v) is 10.1. The smallest absolute Gasteiger partial charge is 1.00 e. The molecule has 0 aliphatic carbocycles. The van der Waals surface area contributed by atoms with Gasteiger partial charge in [-0.25, -0.2) is 14.6 Å². The van der Waals surface area contributed by atoms with Gasteiger partial charge in [0.2, 0.25) is 0 Å². The molecule has 0 radical (unpaired) electrons. The monoisotopic (exact) mass is 480 g/mol. The summed E-state index contributed by atoms with van der Waals surface area (Å²) in [5.74, 6) is -2.56. The van der Waals surface area contributed by atoms with Crippen molar-refractivity contribution in [2.24, 2.45) is 10.9 Å². The number of thioether (sulfide) groups is 1. The zero-order chi connectivity index (χ0) is 22.0. The summed E-state index contributed by atoms with van der Waals surface area (Å²) in [5, 5.41) is 16.8. The number of thiazole rings is 1. The van der Waals surface area contributed by atoms with Crippen LogP contribution in [0.25, 0.3) is 0 Å². The van der Waals surface area contributed by atoms with Crippen LogP contribution in [0.2, 0.25) is 0 Å². The summed E-state index contributed by atoms with van der Waals surface area (Å²) in [7, 11) is 1.25. The topological polar surface area (TPSA) is 200 Å². The predicted octanol–water partition coefficient (Wildman–Crippen LogP) is -3.97. The van der Waals surface area contributed by atoms with Crippen LogP contribution in [-0.2, 0) is 24.0 Å². The number of nitrogens with zero attached hydrogens (tertiary/aromatic N) is 3.